The smallest absolute Gasteiger partial charge is 0.199 e. The van der Waals surface area contributed by atoms with Gasteiger partial charge in [0.25, 0.3) is 0 Å². The average Bonchev–Trinajstić information content (AvgIpc) is 2.31. The minimum atomic E-state index is -0.0928. The summed E-state index contributed by atoms with van der Waals surface area (Å²) in [6.07, 6.45) is 3.73. The lowest BCUT2D eigenvalue weighted by atomic mass is 9.51. The standard InChI is InChI=1S/C11H16N4O2/c1-11-8-4-2-6(14(16)12-8)10(11)7-3-5-9(11)13-15(7)17/h6-10H,2-5H2,1H3/t6?,7?,8-,9+,10?,11?. The average molecular weight is 236 g/mol. The zero-order valence-corrected chi connectivity index (χ0v) is 9.82. The first-order chi connectivity index (χ1) is 8.12. The number of hydrogen-bond acceptors (Lipinski definition) is 4. The fourth-order valence-electron chi connectivity index (χ4n) is 4.70. The van der Waals surface area contributed by atoms with Crippen molar-refractivity contribution in [3.05, 3.63) is 10.4 Å². The minimum Gasteiger partial charge on any atom is -0.600 e. The van der Waals surface area contributed by atoms with Crippen LogP contribution in [0.25, 0.3) is 0 Å². The summed E-state index contributed by atoms with van der Waals surface area (Å²) in [6.45, 7) is 2.19. The summed E-state index contributed by atoms with van der Waals surface area (Å²) in [5.74, 6) is 0.157. The SMILES string of the molecule is CC12C(C3CC[C@@H]1N=[N+]3[O-])C1CC[C@H]2N=[N+]1[O-]. The highest BCUT2D eigenvalue weighted by atomic mass is 16.5. The van der Waals surface area contributed by atoms with E-state index in [0.717, 1.165) is 35.4 Å². The first-order valence-electron chi connectivity index (χ1n) is 6.46. The van der Waals surface area contributed by atoms with Gasteiger partial charge in [-0.05, 0) is 23.1 Å². The first-order valence-corrected chi connectivity index (χ1v) is 6.46. The molecule has 4 unspecified atom stereocenters. The maximum atomic E-state index is 11.8. The highest BCUT2D eigenvalue weighted by molar-refractivity contribution is 5.12. The molecule has 6 atom stereocenters. The highest BCUT2D eigenvalue weighted by Crippen LogP contribution is 2.58. The van der Waals surface area contributed by atoms with Crippen LogP contribution in [0.5, 0.6) is 0 Å². The molecule has 92 valence electrons. The van der Waals surface area contributed by atoms with E-state index in [9.17, 15) is 10.4 Å². The molecule has 6 aliphatic rings. The van der Waals surface area contributed by atoms with Gasteiger partial charge in [-0.3, -0.25) is 0 Å². The molecule has 4 bridgehead atoms. The number of rotatable bonds is 0. The molecule has 0 N–H and O–H groups in total. The third-order valence-electron chi connectivity index (χ3n) is 5.53. The number of fused-ring (bicyclic) bond motifs is 2. The Morgan fingerprint density at radius 3 is 1.82 bits per heavy atom. The van der Waals surface area contributed by atoms with Crippen LogP contribution in [0.2, 0.25) is 0 Å². The van der Waals surface area contributed by atoms with Gasteiger partial charge in [0, 0.05) is 18.3 Å². The summed E-state index contributed by atoms with van der Waals surface area (Å²) >= 11 is 0. The van der Waals surface area contributed by atoms with Crippen molar-refractivity contribution in [1.29, 1.82) is 0 Å². The van der Waals surface area contributed by atoms with E-state index in [1.807, 2.05) is 0 Å². The van der Waals surface area contributed by atoms with E-state index in [1.165, 1.54) is 0 Å². The second kappa shape index (κ2) is 2.79. The molecule has 4 aliphatic heterocycles. The van der Waals surface area contributed by atoms with Crippen LogP contribution in [0, 0.1) is 21.7 Å². The van der Waals surface area contributed by atoms with Gasteiger partial charge in [-0.25, -0.2) is 0 Å². The normalized spacial score (nSPS) is 55.2. The van der Waals surface area contributed by atoms with Crippen LogP contribution in [-0.4, -0.2) is 33.9 Å². The molecule has 0 amide bonds. The summed E-state index contributed by atoms with van der Waals surface area (Å²) in [5.41, 5.74) is -0.0480. The van der Waals surface area contributed by atoms with Gasteiger partial charge < -0.3 is 10.4 Å². The van der Waals surface area contributed by atoms with Crippen LogP contribution < -0.4 is 0 Å². The van der Waals surface area contributed by atoms with Gasteiger partial charge >= 0.3 is 0 Å². The topological polar surface area (TPSA) is 76.9 Å². The molecule has 4 heterocycles. The van der Waals surface area contributed by atoms with Crippen LogP contribution in [0.4, 0.5) is 0 Å². The summed E-state index contributed by atoms with van der Waals surface area (Å²) in [5, 5.41) is 32.2. The molecule has 17 heavy (non-hydrogen) atoms. The van der Waals surface area contributed by atoms with Crippen molar-refractivity contribution < 1.29 is 9.72 Å². The molecule has 0 aromatic rings. The van der Waals surface area contributed by atoms with Crippen LogP contribution >= 0.6 is 0 Å². The number of hydroxylamine groups is 2. The Morgan fingerprint density at radius 2 is 1.41 bits per heavy atom. The van der Waals surface area contributed by atoms with Crippen molar-refractivity contribution in [1.82, 2.24) is 0 Å². The summed E-state index contributed by atoms with van der Waals surface area (Å²) in [7, 11) is 0. The fraction of sp³-hybridized carbons (Fsp3) is 1.00. The third-order valence-corrected chi connectivity index (χ3v) is 5.53. The summed E-state index contributed by atoms with van der Waals surface area (Å²) in [4.78, 5) is 1.77. The van der Waals surface area contributed by atoms with Crippen molar-refractivity contribution in [3.8, 4) is 0 Å². The molecule has 0 saturated heterocycles. The van der Waals surface area contributed by atoms with Crippen molar-refractivity contribution >= 4 is 0 Å². The van der Waals surface area contributed by atoms with E-state index < -0.39 is 0 Å². The second-order valence-electron chi connectivity index (χ2n) is 6.05. The summed E-state index contributed by atoms with van der Waals surface area (Å²) in [6, 6.07) is -0.0463. The van der Waals surface area contributed by atoms with Crippen molar-refractivity contribution in [2.45, 2.75) is 56.8 Å². The maximum Gasteiger partial charge on any atom is 0.199 e. The Hall–Kier alpha value is -1.20. The van der Waals surface area contributed by atoms with Crippen molar-refractivity contribution in [3.63, 3.8) is 0 Å². The zero-order chi connectivity index (χ0) is 11.8. The lowest BCUT2D eigenvalue weighted by molar-refractivity contribution is -0.663. The van der Waals surface area contributed by atoms with E-state index in [4.69, 9.17) is 0 Å². The Kier molecular flexibility index (Phi) is 1.61. The molecule has 0 aromatic heterocycles. The molecule has 2 fully saturated rings. The molecule has 2 saturated carbocycles. The Morgan fingerprint density at radius 1 is 0.941 bits per heavy atom. The third kappa shape index (κ3) is 0.940. The van der Waals surface area contributed by atoms with E-state index >= 15 is 0 Å². The lowest BCUT2D eigenvalue weighted by Gasteiger charge is -2.56. The predicted molar refractivity (Wildman–Crippen MR) is 57.3 cm³/mol. The fourth-order valence-corrected chi connectivity index (χ4v) is 4.70. The van der Waals surface area contributed by atoms with Crippen LogP contribution in [0.15, 0.2) is 10.2 Å². The number of nitrogens with zero attached hydrogens (tertiary/aromatic N) is 4. The van der Waals surface area contributed by atoms with E-state index in [0.29, 0.717) is 0 Å². The number of azo groups is 2. The largest absolute Gasteiger partial charge is 0.600 e. The van der Waals surface area contributed by atoms with Gasteiger partial charge in [0.15, 0.2) is 12.1 Å². The van der Waals surface area contributed by atoms with E-state index in [-0.39, 0.29) is 35.5 Å². The molecule has 2 aliphatic carbocycles. The van der Waals surface area contributed by atoms with E-state index in [1.54, 1.807) is 0 Å². The quantitative estimate of drug-likeness (QED) is 0.473. The molecule has 6 nitrogen and oxygen atoms in total. The molecule has 6 rings (SSSR count). The molecule has 0 spiro atoms. The molecule has 6 heteroatoms. The van der Waals surface area contributed by atoms with Crippen LogP contribution in [-0.2, 0) is 0 Å². The lowest BCUT2D eigenvalue weighted by Crippen LogP contribution is -2.69. The molecule has 0 aromatic carbocycles. The first kappa shape index (κ1) is 9.79. The second-order valence-corrected chi connectivity index (χ2v) is 6.05. The Labute approximate surface area is 99.2 Å². The van der Waals surface area contributed by atoms with Gasteiger partial charge in [-0.2, -0.15) is 0 Å². The molecular weight excluding hydrogens is 220 g/mol. The highest BCUT2D eigenvalue weighted by Gasteiger charge is 2.70. The molecule has 0 radical (unpaired) electrons. The monoisotopic (exact) mass is 236 g/mol. The Bertz CT molecular complexity index is 411. The predicted octanol–water partition coefficient (Wildman–Crippen LogP) is 1.62. The Balaban J connectivity index is 1.90. The maximum absolute atomic E-state index is 11.8. The minimum absolute atomic E-state index is 0.0480. The van der Waals surface area contributed by atoms with Crippen molar-refractivity contribution in [2.75, 3.05) is 0 Å². The number of hydrogen-bond donors (Lipinski definition) is 0. The van der Waals surface area contributed by atoms with E-state index in [2.05, 4.69) is 17.2 Å². The van der Waals surface area contributed by atoms with Crippen molar-refractivity contribution in [2.24, 2.45) is 21.6 Å². The van der Waals surface area contributed by atoms with Gasteiger partial charge in [0.1, 0.15) is 12.1 Å². The van der Waals surface area contributed by atoms with Crippen LogP contribution in [0.1, 0.15) is 32.6 Å². The zero-order valence-electron chi connectivity index (χ0n) is 9.82. The van der Waals surface area contributed by atoms with Gasteiger partial charge in [-0.1, -0.05) is 16.6 Å². The van der Waals surface area contributed by atoms with Gasteiger partial charge in [0.2, 0.25) is 0 Å². The van der Waals surface area contributed by atoms with Gasteiger partial charge in [-0.15, -0.1) is 0 Å². The summed E-state index contributed by atoms with van der Waals surface area (Å²) < 4.78 is 0. The molecular formula is C11H16N4O2. The van der Waals surface area contributed by atoms with Gasteiger partial charge in [0.05, 0.1) is 5.92 Å². The van der Waals surface area contributed by atoms with Crippen LogP contribution in [0.3, 0.4) is 0 Å².